The van der Waals surface area contributed by atoms with Crippen LogP contribution in [-0.4, -0.2) is 26.8 Å². The Bertz CT molecular complexity index is 575. The SMILES string of the molecule is CC(C)(C)[S@@](=O)N=CC1(NC(=O)OCc2ccccc2)CC1. The number of amides is 1. The summed E-state index contributed by atoms with van der Waals surface area (Å²) >= 11 is 0. The summed E-state index contributed by atoms with van der Waals surface area (Å²) in [5.41, 5.74) is 0.444. The average Bonchev–Trinajstić information content (AvgIpc) is 3.22. The van der Waals surface area contributed by atoms with Crippen LogP contribution in [0.5, 0.6) is 0 Å². The Morgan fingerprint density at radius 2 is 2.00 bits per heavy atom. The first kappa shape index (κ1) is 16.7. The molecule has 1 fully saturated rings. The van der Waals surface area contributed by atoms with Gasteiger partial charge < -0.3 is 10.1 Å². The number of carbonyl (C=O) groups is 1. The van der Waals surface area contributed by atoms with Crippen molar-refractivity contribution in [3.63, 3.8) is 0 Å². The highest BCUT2D eigenvalue weighted by molar-refractivity contribution is 7.85. The van der Waals surface area contributed by atoms with E-state index in [0.717, 1.165) is 18.4 Å². The number of benzene rings is 1. The lowest BCUT2D eigenvalue weighted by Crippen LogP contribution is -2.38. The molecule has 1 aromatic carbocycles. The van der Waals surface area contributed by atoms with Gasteiger partial charge in [-0.25, -0.2) is 9.00 Å². The monoisotopic (exact) mass is 322 g/mol. The van der Waals surface area contributed by atoms with Gasteiger partial charge in [0, 0.05) is 6.21 Å². The van der Waals surface area contributed by atoms with Crippen molar-refractivity contribution >= 4 is 23.3 Å². The summed E-state index contributed by atoms with van der Waals surface area (Å²) in [6.45, 7) is 5.82. The van der Waals surface area contributed by atoms with Crippen LogP contribution in [-0.2, 0) is 22.3 Å². The van der Waals surface area contributed by atoms with Crippen molar-refractivity contribution in [2.45, 2.75) is 50.5 Å². The fraction of sp³-hybridized carbons (Fsp3) is 0.500. The lowest BCUT2D eigenvalue weighted by molar-refractivity contribution is 0.137. The van der Waals surface area contributed by atoms with Crippen molar-refractivity contribution in [1.82, 2.24) is 5.32 Å². The van der Waals surface area contributed by atoms with Gasteiger partial charge in [0.1, 0.15) is 17.6 Å². The van der Waals surface area contributed by atoms with E-state index in [2.05, 4.69) is 9.71 Å². The zero-order valence-electron chi connectivity index (χ0n) is 13.2. The van der Waals surface area contributed by atoms with E-state index < -0.39 is 27.4 Å². The number of hydrogen-bond donors (Lipinski definition) is 1. The van der Waals surface area contributed by atoms with E-state index >= 15 is 0 Å². The minimum atomic E-state index is -1.31. The summed E-state index contributed by atoms with van der Waals surface area (Å²) < 4.78 is 20.8. The van der Waals surface area contributed by atoms with E-state index in [0.29, 0.717) is 0 Å². The van der Waals surface area contributed by atoms with Gasteiger partial charge in [-0.2, -0.15) is 4.40 Å². The summed E-state index contributed by atoms with van der Waals surface area (Å²) in [5.74, 6) is 0. The molecule has 0 spiro atoms. The minimum absolute atomic E-state index is 0.230. The molecule has 0 bridgehead atoms. The van der Waals surface area contributed by atoms with Crippen LogP contribution in [0.15, 0.2) is 34.7 Å². The standard InChI is InChI=1S/C16H22N2O3S/c1-15(2,3)22(20)17-12-16(9-10-16)18-14(19)21-11-13-7-5-4-6-8-13/h4-8,12H,9-11H2,1-3H3,(H,18,19)/t22-/m1/s1. The Morgan fingerprint density at radius 1 is 1.36 bits per heavy atom. The summed E-state index contributed by atoms with van der Waals surface area (Å²) in [5, 5.41) is 2.80. The summed E-state index contributed by atoms with van der Waals surface area (Å²) in [7, 11) is -1.31. The van der Waals surface area contributed by atoms with Crippen molar-refractivity contribution in [2.24, 2.45) is 4.40 Å². The molecule has 22 heavy (non-hydrogen) atoms. The van der Waals surface area contributed by atoms with Gasteiger partial charge in [0.2, 0.25) is 0 Å². The van der Waals surface area contributed by atoms with Gasteiger partial charge in [-0.05, 0) is 39.2 Å². The van der Waals surface area contributed by atoms with E-state index in [-0.39, 0.29) is 6.61 Å². The second-order valence-corrected chi connectivity index (χ2v) is 8.37. The molecule has 1 saturated carbocycles. The lowest BCUT2D eigenvalue weighted by Gasteiger charge is -2.15. The van der Waals surface area contributed by atoms with E-state index in [1.165, 1.54) is 0 Å². The van der Waals surface area contributed by atoms with E-state index in [1.807, 2.05) is 51.1 Å². The number of nitrogens with one attached hydrogen (secondary N) is 1. The van der Waals surface area contributed by atoms with Crippen molar-refractivity contribution in [3.8, 4) is 0 Å². The molecule has 1 aromatic rings. The first-order chi connectivity index (χ1) is 10.3. The van der Waals surface area contributed by atoms with E-state index in [9.17, 15) is 9.00 Å². The van der Waals surface area contributed by atoms with Gasteiger partial charge in [0.05, 0.1) is 10.3 Å². The molecule has 1 atom stereocenters. The highest BCUT2D eigenvalue weighted by Gasteiger charge is 2.43. The van der Waals surface area contributed by atoms with Gasteiger partial charge in [0.15, 0.2) is 0 Å². The maximum atomic E-state index is 11.9. The first-order valence-electron chi connectivity index (χ1n) is 7.27. The maximum absolute atomic E-state index is 11.9. The van der Waals surface area contributed by atoms with Crippen LogP contribution < -0.4 is 5.32 Å². The molecule has 6 heteroatoms. The summed E-state index contributed by atoms with van der Waals surface area (Å²) in [6.07, 6.45) is 2.70. The quantitative estimate of drug-likeness (QED) is 0.847. The first-order valence-corrected chi connectivity index (χ1v) is 8.38. The maximum Gasteiger partial charge on any atom is 0.408 e. The molecule has 0 aromatic heterocycles. The molecule has 1 aliphatic carbocycles. The van der Waals surface area contributed by atoms with Crippen LogP contribution in [0, 0.1) is 0 Å². The molecule has 1 aliphatic rings. The molecular weight excluding hydrogens is 300 g/mol. The molecule has 1 amide bonds. The highest BCUT2D eigenvalue weighted by atomic mass is 32.2. The topological polar surface area (TPSA) is 67.8 Å². The number of nitrogens with zero attached hydrogens (tertiary/aromatic N) is 1. The normalized spacial score (nSPS) is 18.0. The van der Waals surface area contributed by atoms with E-state index in [1.54, 1.807) is 6.21 Å². The molecule has 2 rings (SSSR count). The molecule has 0 heterocycles. The second-order valence-electron chi connectivity index (χ2n) is 6.44. The van der Waals surface area contributed by atoms with Crippen LogP contribution in [0.4, 0.5) is 4.79 Å². The molecular formula is C16H22N2O3S. The molecule has 0 radical (unpaired) electrons. The van der Waals surface area contributed by atoms with Crippen LogP contribution in [0.2, 0.25) is 0 Å². The highest BCUT2D eigenvalue weighted by Crippen LogP contribution is 2.34. The average molecular weight is 322 g/mol. The molecule has 0 saturated heterocycles. The van der Waals surface area contributed by atoms with Gasteiger partial charge in [-0.1, -0.05) is 30.3 Å². The van der Waals surface area contributed by atoms with Crippen LogP contribution in [0.1, 0.15) is 39.2 Å². The second kappa shape index (κ2) is 6.60. The zero-order valence-corrected chi connectivity index (χ0v) is 14.0. The smallest absolute Gasteiger partial charge is 0.408 e. The van der Waals surface area contributed by atoms with Crippen molar-refractivity contribution in [2.75, 3.05) is 0 Å². The molecule has 1 N–H and O–H groups in total. The molecule has 0 unspecified atom stereocenters. The number of ether oxygens (including phenoxy) is 1. The predicted molar refractivity (Wildman–Crippen MR) is 88.1 cm³/mol. The number of rotatable bonds is 5. The summed E-state index contributed by atoms with van der Waals surface area (Å²) in [4.78, 5) is 11.8. The Labute approximate surface area is 133 Å². The Kier molecular flexibility index (Phi) is 5.01. The Morgan fingerprint density at radius 3 is 2.55 bits per heavy atom. The third kappa shape index (κ3) is 4.94. The van der Waals surface area contributed by atoms with Gasteiger partial charge in [-0.15, -0.1) is 0 Å². The van der Waals surface area contributed by atoms with Crippen LogP contribution in [0.3, 0.4) is 0 Å². The largest absolute Gasteiger partial charge is 0.445 e. The minimum Gasteiger partial charge on any atom is -0.445 e. The molecule has 5 nitrogen and oxygen atoms in total. The van der Waals surface area contributed by atoms with Crippen LogP contribution in [0.25, 0.3) is 0 Å². The van der Waals surface area contributed by atoms with Crippen molar-refractivity contribution < 1.29 is 13.7 Å². The van der Waals surface area contributed by atoms with Crippen LogP contribution >= 0.6 is 0 Å². The Balaban J connectivity index is 1.83. The third-order valence-electron chi connectivity index (χ3n) is 3.27. The van der Waals surface area contributed by atoms with Gasteiger partial charge >= 0.3 is 6.09 Å². The number of hydrogen-bond acceptors (Lipinski definition) is 3. The van der Waals surface area contributed by atoms with Gasteiger partial charge in [-0.3, -0.25) is 0 Å². The third-order valence-corrected chi connectivity index (χ3v) is 4.62. The van der Waals surface area contributed by atoms with E-state index in [4.69, 9.17) is 4.74 Å². The summed E-state index contributed by atoms with van der Waals surface area (Å²) in [6, 6.07) is 9.50. The zero-order chi connectivity index (χ0) is 16.2. The lowest BCUT2D eigenvalue weighted by atomic mass is 10.2. The molecule has 120 valence electrons. The predicted octanol–water partition coefficient (Wildman–Crippen LogP) is 2.98. The van der Waals surface area contributed by atoms with Crippen molar-refractivity contribution in [3.05, 3.63) is 35.9 Å². The van der Waals surface area contributed by atoms with Crippen molar-refractivity contribution in [1.29, 1.82) is 0 Å². The fourth-order valence-corrected chi connectivity index (χ4v) is 2.30. The fourth-order valence-electron chi connectivity index (χ4n) is 1.69. The van der Waals surface area contributed by atoms with Gasteiger partial charge in [0.25, 0.3) is 0 Å². The number of alkyl carbamates (subject to hydrolysis) is 1. The number of carbonyl (C=O) groups excluding carboxylic acids is 1. The molecule has 0 aliphatic heterocycles. The Hall–Kier alpha value is -1.69.